The van der Waals surface area contributed by atoms with Gasteiger partial charge in [-0.25, -0.2) is 0 Å². The first-order valence-corrected chi connectivity index (χ1v) is 10.3. The average Bonchev–Trinajstić information content (AvgIpc) is 2.65. The second-order valence-corrected chi connectivity index (χ2v) is 8.48. The highest BCUT2D eigenvalue weighted by Gasteiger charge is 2.23. The van der Waals surface area contributed by atoms with Gasteiger partial charge in [-0.1, -0.05) is 58.0 Å². The van der Waals surface area contributed by atoms with E-state index < -0.39 is 0 Å². The Morgan fingerprint density at radius 2 is 1.55 bits per heavy atom. The lowest BCUT2D eigenvalue weighted by Crippen LogP contribution is -2.12. The fourth-order valence-electron chi connectivity index (χ4n) is 3.92. The minimum Gasteiger partial charge on any atom is -0.508 e. The van der Waals surface area contributed by atoms with Crippen molar-refractivity contribution in [2.75, 3.05) is 0 Å². The molecule has 1 aliphatic carbocycles. The van der Waals surface area contributed by atoms with E-state index in [1.807, 2.05) is 38.1 Å². The standard InChI is InChI=1S/C27H30O2/c1-16(2)21-14-23(18(5)12-25(21)28)27(20-10-8-7-9-11-20)24-15-22(17(3)4)26(29)13-19(24)6/h7-17,28H,1-6H3/b27-24-. The van der Waals surface area contributed by atoms with Crippen LogP contribution in [0.25, 0.3) is 5.57 Å². The smallest absolute Gasteiger partial charge is 0.182 e. The molecule has 1 N–H and O–H groups in total. The second-order valence-electron chi connectivity index (χ2n) is 8.48. The molecule has 0 radical (unpaired) electrons. The molecule has 2 aromatic carbocycles. The number of hydrogen-bond acceptors (Lipinski definition) is 2. The number of ketones is 1. The van der Waals surface area contributed by atoms with E-state index in [4.69, 9.17) is 0 Å². The molecule has 0 atom stereocenters. The van der Waals surface area contributed by atoms with E-state index in [1.165, 1.54) is 0 Å². The summed E-state index contributed by atoms with van der Waals surface area (Å²) in [7, 11) is 0. The van der Waals surface area contributed by atoms with Gasteiger partial charge >= 0.3 is 0 Å². The number of allylic oxidation sites excluding steroid dienone is 5. The van der Waals surface area contributed by atoms with Gasteiger partial charge in [-0.15, -0.1) is 0 Å². The maximum Gasteiger partial charge on any atom is 0.182 e. The van der Waals surface area contributed by atoms with Crippen molar-refractivity contribution in [1.82, 2.24) is 0 Å². The molecule has 150 valence electrons. The van der Waals surface area contributed by atoms with Gasteiger partial charge in [0, 0.05) is 5.57 Å². The second kappa shape index (κ2) is 8.24. The van der Waals surface area contributed by atoms with Crippen molar-refractivity contribution < 1.29 is 9.90 Å². The molecular weight excluding hydrogens is 356 g/mol. The van der Waals surface area contributed by atoms with E-state index >= 15 is 0 Å². The Labute approximate surface area is 174 Å². The summed E-state index contributed by atoms with van der Waals surface area (Å²) in [5.74, 6) is 0.802. The van der Waals surface area contributed by atoms with Crippen LogP contribution in [-0.2, 0) is 4.79 Å². The molecule has 0 saturated heterocycles. The van der Waals surface area contributed by atoms with Crippen LogP contribution < -0.4 is 0 Å². The van der Waals surface area contributed by atoms with Crippen LogP contribution >= 0.6 is 0 Å². The van der Waals surface area contributed by atoms with Gasteiger partial charge in [0.1, 0.15) is 5.75 Å². The molecule has 0 saturated carbocycles. The molecule has 1 aliphatic rings. The highest BCUT2D eigenvalue weighted by Crippen LogP contribution is 2.39. The first kappa shape index (κ1) is 20.9. The van der Waals surface area contributed by atoms with Crippen LogP contribution in [0, 0.1) is 12.8 Å². The Morgan fingerprint density at radius 1 is 0.897 bits per heavy atom. The van der Waals surface area contributed by atoms with Gasteiger partial charge in [0.2, 0.25) is 0 Å². The number of aryl methyl sites for hydroxylation is 1. The Morgan fingerprint density at radius 3 is 2.14 bits per heavy atom. The number of aromatic hydroxyl groups is 1. The van der Waals surface area contributed by atoms with E-state index in [0.29, 0.717) is 5.75 Å². The molecule has 29 heavy (non-hydrogen) atoms. The number of carbonyl (C=O) groups is 1. The number of benzene rings is 2. The zero-order valence-electron chi connectivity index (χ0n) is 18.2. The molecule has 0 amide bonds. The predicted octanol–water partition coefficient (Wildman–Crippen LogP) is 6.74. The Kier molecular flexibility index (Phi) is 5.93. The van der Waals surface area contributed by atoms with Crippen molar-refractivity contribution in [2.45, 2.75) is 47.5 Å². The van der Waals surface area contributed by atoms with Crippen LogP contribution in [0.4, 0.5) is 0 Å². The normalized spacial score (nSPS) is 16.2. The van der Waals surface area contributed by atoms with Gasteiger partial charge in [0.15, 0.2) is 5.78 Å². The predicted molar refractivity (Wildman–Crippen MR) is 121 cm³/mol. The summed E-state index contributed by atoms with van der Waals surface area (Å²) < 4.78 is 0. The molecular formula is C27H30O2. The molecule has 0 unspecified atom stereocenters. The summed E-state index contributed by atoms with van der Waals surface area (Å²) in [6.45, 7) is 12.3. The van der Waals surface area contributed by atoms with Gasteiger partial charge in [-0.05, 0) is 88.9 Å². The minimum atomic E-state index is 0.0963. The summed E-state index contributed by atoms with van der Waals surface area (Å²) in [4.78, 5) is 12.5. The van der Waals surface area contributed by atoms with Crippen molar-refractivity contribution in [3.05, 3.63) is 93.6 Å². The topological polar surface area (TPSA) is 37.3 Å². The van der Waals surface area contributed by atoms with Gasteiger partial charge in [0.25, 0.3) is 0 Å². The lowest BCUT2D eigenvalue weighted by atomic mass is 9.81. The zero-order valence-corrected chi connectivity index (χ0v) is 18.2. The largest absolute Gasteiger partial charge is 0.508 e. The number of phenols is 1. The van der Waals surface area contributed by atoms with E-state index in [0.717, 1.165) is 44.5 Å². The number of rotatable bonds is 4. The molecule has 0 spiro atoms. The summed E-state index contributed by atoms with van der Waals surface area (Å²) in [6.07, 6.45) is 3.82. The van der Waals surface area contributed by atoms with Crippen molar-refractivity contribution in [3.8, 4) is 5.75 Å². The molecule has 3 rings (SSSR count). The van der Waals surface area contributed by atoms with Crippen LogP contribution in [0.15, 0.2) is 71.3 Å². The van der Waals surface area contributed by atoms with Crippen molar-refractivity contribution in [1.29, 1.82) is 0 Å². The van der Waals surface area contributed by atoms with Crippen LogP contribution in [0.2, 0.25) is 0 Å². The van der Waals surface area contributed by atoms with E-state index in [1.54, 1.807) is 6.08 Å². The lowest BCUT2D eigenvalue weighted by Gasteiger charge is -2.23. The first-order valence-electron chi connectivity index (χ1n) is 10.3. The summed E-state index contributed by atoms with van der Waals surface area (Å²) in [5, 5.41) is 10.5. The highest BCUT2D eigenvalue weighted by molar-refractivity contribution is 6.08. The van der Waals surface area contributed by atoms with E-state index in [-0.39, 0.29) is 17.6 Å². The highest BCUT2D eigenvalue weighted by atomic mass is 16.3. The van der Waals surface area contributed by atoms with Crippen LogP contribution in [0.1, 0.15) is 62.8 Å². The Hall–Kier alpha value is -2.87. The molecule has 2 heteroatoms. The number of phenolic OH excluding ortho intramolecular Hbond substituents is 1. The van der Waals surface area contributed by atoms with E-state index in [2.05, 4.69) is 52.0 Å². The zero-order chi connectivity index (χ0) is 21.3. The third-order valence-electron chi connectivity index (χ3n) is 5.58. The Bertz CT molecular complexity index is 1030. The van der Waals surface area contributed by atoms with Gasteiger partial charge in [-0.3, -0.25) is 4.79 Å². The van der Waals surface area contributed by atoms with Crippen LogP contribution in [0.5, 0.6) is 5.75 Å². The third kappa shape index (κ3) is 4.12. The SMILES string of the molecule is CC1=CC(=O)C(C(C)C)=C/C1=C(\c1ccccc1)c1cc(C(C)C)c(O)cc1C. The van der Waals surface area contributed by atoms with Gasteiger partial charge in [0.05, 0.1) is 0 Å². The fourth-order valence-corrected chi connectivity index (χ4v) is 3.92. The molecule has 0 fully saturated rings. The number of carbonyl (C=O) groups excluding carboxylic acids is 1. The average molecular weight is 387 g/mol. The quantitative estimate of drug-likeness (QED) is 0.632. The summed E-state index contributed by atoms with van der Waals surface area (Å²) >= 11 is 0. The molecule has 0 aliphatic heterocycles. The summed E-state index contributed by atoms with van der Waals surface area (Å²) in [5.41, 5.74) is 8.12. The molecule has 0 bridgehead atoms. The van der Waals surface area contributed by atoms with E-state index in [9.17, 15) is 9.90 Å². The molecule has 2 nitrogen and oxygen atoms in total. The fraction of sp³-hybridized carbons (Fsp3) is 0.296. The lowest BCUT2D eigenvalue weighted by molar-refractivity contribution is -0.111. The van der Waals surface area contributed by atoms with Gasteiger partial charge in [-0.2, -0.15) is 0 Å². The van der Waals surface area contributed by atoms with Crippen molar-refractivity contribution in [2.24, 2.45) is 5.92 Å². The molecule has 2 aromatic rings. The Balaban J connectivity index is 2.40. The maximum atomic E-state index is 12.5. The third-order valence-corrected chi connectivity index (χ3v) is 5.58. The first-order chi connectivity index (χ1) is 13.7. The van der Waals surface area contributed by atoms with Gasteiger partial charge < -0.3 is 5.11 Å². The van der Waals surface area contributed by atoms with Crippen molar-refractivity contribution in [3.63, 3.8) is 0 Å². The minimum absolute atomic E-state index is 0.0963. The van der Waals surface area contributed by atoms with Crippen LogP contribution in [-0.4, -0.2) is 10.9 Å². The van der Waals surface area contributed by atoms with Crippen molar-refractivity contribution >= 4 is 11.4 Å². The summed E-state index contributed by atoms with van der Waals surface area (Å²) in [6, 6.07) is 14.3. The maximum absolute atomic E-state index is 12.5. The number of hydrogen-bond donors (Lipinski definition) is 1. The monoisotopic (exact) mass is 386 g/mol. The molecule has 0 heterocycles. The molecule has 0 aromatic heterocycles. The van der Waals surface area contributed by atoms with Crippen LogP contribution in [0.3, 0.4) is 0 Å².